The van der Waals surface area contributed by atoms with Crippen molar-refractivity contribution in [3.8, 4) is 5.69 Å². The molecule has 1 fully saturated rings. The molecule has 1 aromatic carbocycles. The SMILES string of the molecule is Cc1ccc(C)n1-c1ccc2[nH]cc(C(=O)C3CCCN3C(=O)O)c2c1. The average molecular weight is 351 g/mol. The fourth-order valence-electron chi connectivity index (χ4n) is 3.98. The van der Waals surface area contributed by atoms with Gasteiger partial charge in [-0.3, -0.25) is 9.69 Å². The Morgan fingerprint density at radius 3 is 2.58 bits per heavy atom. The second kappa shape index (κ2) is 6.05. The number of fused-ring (bicyclic) bond motifs is 1. The molecule has 4 rings (SSSR count). The highest BCUT2D eigenvalue weighted by Gasteiger charge is 2.35. The van der Waals surface area contributed by atoms with Crippen molar-refractivity contribution in [3.05, 3.63) is 53.5 Å². The topological polar surface area (TPSA) is 78.3 Å². The number of aromatic nitrogens is 2. The first-order valence-corrected chi connectivity index (χ1v) is 8.77. The Kier molecular flexibility index (Phi) is 3.83. The number of H-pyrrole nitrogens is 1. The van der Waals surface area contributed by atoms with Crippen LogP contribution in [0.25, 0.3) is 16.6 Å². The number of rotatable bonds is 3. The molecule has 134 valence electrons. The van der Waals surface area contributed by atoms with Crippen molar-refractivity contribution in [1.29, 1.82) is 0 Å². The van der Waals surface area contributed by atoms with E-state index < -0.39 is 12.1 Å². The molecule has 2 N–H and O–H groups in total. The summed E-state index contributed by atoms with van der Waals surface area (Å²) < 4.78 is 2.14. The molecular formula is C20H21N3O3. The summed E-state index contributed by atoms with van der Waals surface area (Å²) in [5.41, 5.74) is 4.67. The highest BCUT2D eigenvalue weighted by Crippen LogP contribution is 2.28. The van der Waals surface area contributed by atoms with E-state index >= 15 is 0 Å². The van der Waals surface area contributed by atoms with Gasteiger partial charge < -0.3 is 14.7 Å². The second-order valence-electron chi connectivity index (χ2n) is 6.88. The Morgan fingerprint density at radius 1 is 1.15 bits per heavy atom. The Balaban J connectivity index is 1.78. The summed E-state index contributed by atoms with van der Waals surface area (Å²) in [4.78, 5) is 28.8. The summed E-state index contributed by atoms with van der Waals surface area (Å²) in [6, 6.07) is 9.51. The molecule has 0 radical (unpaired) electrons. The third-order valence-corrected chi connectivity index (χ3v) is 5.26. The van der Waals surface area contributed by atoms with Gasteiger partial charge in [0.25, 0.3) is 0 Å². The van der Waals surface area contributed by atoms with Gasteiger partial charge in [-0.15, -0.1) is 0 Å². The monoisotopic (exact) mass is 351 g/mol. The lowest BCUT2D eigenvalue weighted by molar-refractivity contribution is 0.0846. The molecule has 3 aromatic rings. The number of nitrogens with zero attached hydrogens (tertiary/aromatic N) is 2. The number of nitrogens with one attached hydrogen (secondary N) is 1. The molecule has 0 bridgehead atoms. The number of ketones is 1. The molecule has 6 heteroatoms. The number of amides is 1. The van der Waals surface area contributed by atoms with Crippen LogP contribution < -0.4 is 0 Å². The van der Waals surface area contributed by atoms with E-state index in [4.69, 9.17) is 0 Å². The standard InChI is InChI=1S/C20H21N3O3/c1-12-5-6-13(2)23(12)14-7-8-17-15(10-14)16(11-21-17)19(24)18-4-3-9-22(18)20(25)26/h5-8,10-11,18,21H,3-4,9H2,1-2H3,(H,25,26). The molecule has 0 spiro atoms. The van der Waals surface area contributed by atoms with Crippen LogP contribution in [0.5, 0.6) is 0 Å². The number of aryl methyl sites for hydroxylation is 2. The van der Waals surface area contributed by atoms with Crippen LogP contribution in [0, 0.1) is 13.8 Å². The van der Waals surface area contributed by atoms with Crippen molar-refractivity contribution >= 4 is 22.8 Å². The number of benzene rings is 1. The minimum Gasteiger partial charge on any atom is -0.465 e. The molecule has 1 aliphatic rings. The maximum absolute atomic E-state index is 13.0. The molecule has 1 amide bonds. The number of carboxylic acid groups (broad SMARTS) is 1. The number of hydrogen-bond acceptors (Lipinski definition) is 2. The van der Waals surface area contributed by atoms with E-state index in [0.29, 0.717) is 18.5 Å². The molecule has 1 aliphatic heterocycles. The highest BCUT2D eigenvalue weighted by molar-refractivity contribution is 6.11. The Hall–Kier alpha value is -3.02. The number of carbonyl (C=O) groups is 2. The Labute approximate surface area is 151 Å². The summed E-state index contributed by atoms with van der Waals surface area (Å²) in [5.74, 6) is -0.130. The zero-order valence-corrected chi connectivity index (χ0v) is 14.8. The first-order valence-electron chi connectivity index (χ1n) is 8.77. The van der Waals surface area contributed by atoms with Gasteiger partial charge in [0.15, 0.2) is 5.78 Å². The van der Waals surface area contributed by atoms with Crippen LogP contribution in [-0.2, 0) is 0 Å². The Morgan fingerprint density at radius 2 is 1.88 bits per heavy atom. The number of aromatic amines is 1. The molecule has 26 heavy (non-hydrogen) atoms. The fraction of sp³-hybridized carbons (Fsp3) is 0.300. The van der Waals surface area contributed by atoms with Gasteiger partial charge in [-0.05, 0) is 57.0 Å². The molecule has 2 aromatic heterocycles. The molecule has 3 heterocycles. The zero-order valence-electron chi connectivity index (χ0n) is 14.8. The average Bonchev–Trinajstić information content (AvgIpc) is 3.32. The van der Waals surface area contributed by atoms with Crippen LogP contribution in [0.4, 0.5) is 4.79 Å². The minimum absolute atomic E-state index is 0.130. The number of likely N-dealkylation sites (tertiary alicyclic amines) is 1. The van der Waals surface area contributed by atoms with Gasteiger partial charge in [-0.1, -0.05) is 0 Å². The first-order chi connectivity index (χ1) is 12.5. The van der Waals surface area contributed by atoms with Crippen LogP contribution in [0.3, 0.4) is 0 Å². The van der Waals surface area contributed by atoms with E-state index in [1.54, 1.807) is 6.20 Å². The lowest BCUT2D eigenvalue weighted by Crippen LogP contribution is -2.39. The quantitative estimate of drug-likeness (QED) is 0.703. The molecule has 0 saturated carbocycles. The summed E-state index contributed by atoms with van der Waals surface area (Å²) in [7, 11) is 0. The van der Waals surface area contributed by atoms with Crippen molar-refractivity contribution in [2.45, 2.75) is 32.7 Å². The predicted octanol–water partition coefficient (Wildman–Crippen LogP) is 3.90. The van der Waals surface area contributed by atoms with E-state index in [0.717, 1.165) is 34.4 Å². The van der Waals surface area contributed by atoms with Crippen molar-refractivity contribution in [1.82, 2.24) is 14.5 Å². The van der Waals surface area contributed by atoms with Gasteiger partial charge in [-0.25, -0.2) is 4.79 Å². The van der Waals surface area contributed by atoms with Crippen molar-refractivity contribution in [3.63, 3.8) is 0 Å². The summed E-state index contributed by atoms with van der Waals surface area (Å²) >= 11 is 0. The number of Topliss-reactive ketones (excluding diaryl/α,β-unsaturated/α-hetero) is 1. The number of carbonyl (C=O) groups excluding carboxylic acids is 1. The van der Waals surface area contributed by atoms with Gasteiger partial charge in [-0.2, -0.15) is 0 Å². The molecule has 6 nitrogen and oxygen atoms in total. The normalized spacial score (nSPS) is 17.2. The van der Waals surface area contributed by atoms with Gasteiger partial charge in [0.2, 0.25) is 0 Å². The van der Waals surface area contributed by atoms with Gasteiger partial charge in [0, 0.05) is 46.3 Å². The summed E-state index contributed by atoms with van der Waals surface area (Å²) in [5, 5.41) is 10.2. The van der Waals surface area contributed by atoms with Crippen molar-refractivity contribution in [2.75, 3.05) is 6.54 Å². The van der Waals surface area contributed by atoms with Gasteiger partial charge in [0.1, 0.15) is 0 Å². The lowest BCUT2D eigenvalue weighted by Gasteiger charge is -2.20. The lowest BCUT2D eigenvalue weighted by atomic mass is 10.0. The van der Waals surface area contributed by atoms with Crippen LogP contribution in [0.1, 0.15) is 34.6 Å². The van der Waals surface area contributed by atoms with Crippen LogP contribution in [0.2, 0.25) is 0 Å². The Bertz CT molecular complexity index is 995. The zero-order chi connectivity index (χ0) is 18.4. The van der Waals surface area contributed by atoms with E-state index in [1.165, 1.54) is 4.90 Å². The summed E-state index contributed by atoms with van der Waals surface area (Å²) in [6.07, 6.45) is 1.97. The van der Waals surface area contributed by atoms with Crippen molar-refractivity contribution < 1.29 is 14.7 Å². The van der Waals surface area contributed by atoms with E-state index in [2.05, 4.69) is 21.7 Å². The highest BCUT2D eigenvalue weighted by atomic mass is 16.4. The largest absolute Gasteiger partial charge is 0.465 e. The maximum Gasteiger partial charge on any atom is 0.407 e. The third-order valence-electron chi connectivity index (χ3n) is 5.26. The number of hydrogen-bond donors (Lipinski definition) is 2. The van der Waals surface area contributed by atoms with E-state index in [1.807, 2.05) is 32.0 Å². The van der Waals surface area contributed by atoms with Crippen LogP contribution >= 0.6 is 0 Å². The van der Waals surface area contributed by atoms with E-state index in [9.17, 15) is 14.7 Å². The fourth-order valence-corrected chi connectivity index (χ4v) is 3.98. The minimum atomic E-state index is -1.03. The molecule has 0 aliphatic carbocycles. The van der Waals surface area contributed by atoms with Gasteiger partial charge >= 0.3 is 6.09 Å². The second-order valence-corrected chi connectivity index (χ2v) is 6.88. The first kappa shape index (κ1) is 16.4. The summed E-state index contributed by atoms with van der Waals surface area (Å²) in [6.45, 7) is 4.51. The molecular weight excluding hydrogens is 330 g/mol. The molecule has 1 unspecified atom stereocenters. The smallest absolute Gasteiger partial charge is 0.407 e. The van der Waals surface area contributed by atoms with Crippen molar-refractivity contribution in [2.24, 2.45) is 0 Å². The van der Waals surface area contributed by atoms with Gasteiger partial charge in [0.05, 0.1) is 6.04 Å². The third kappa shape index (κ3) is 2.49. The van der Waals surface area contributed by atoms with Crippen LogP contribution in [0.15, 0.2) is 36.5 Å². The molecule has 1 atom stereocenters. The van der Waals surface area contributed by atoms with Crippen LogP contribution in [-0.4, -0.2) is 44.0 Å². The van der Waals surface area contributed by atoms with E-state index in [-0.39, 0.29) is 5.78 Å². The molecule has 1 saturated heterocycles. The maximum atomic E-state index is 13.0. The predicted molar refractivity (Wildman–Crippen MR) is 99.2 cm³/mol.